The summed E-state index contributed by atoms with van der Waals surface area (Å²) >= 11 is 0. The van der Waals surface area contributed by atoms with Gasteiger partial charge in [-0.3, -0.25) is 0 Å². The summed E-state index contributed by atoms with van der Waals surface area (Å²) in [7, 11) is 1.34. The third-order valence-corrected chi connectivity index (χ3v) is 3.47. The minimum absolute atomic E-state index is 0.0696. The van der Waals surface area contributed by atoms with Crippen LogP contribution in [-0.4, -0.2) is 24.8 Å². The summed E-state index contributed by atoms with van der Waals surface area (Å²) < 4.78 is 31.3. The first-order valence-corrected chi connectivity index (χ1v) is 7.18. The van der Waals surface area contributed by atoms with E-state index in [1.807, 2.05) is 0 Å². The van der Waals surface area contributed by atoms with Crippen LogP contribution < -0.4 is 15.4 Å². The number of aliphatic hydroxyl groups is 1. The van der Waals surface area contributed by atoms with Crippen LogP contribution in [0.3, 0.4) is 0 Å². The van der Waals surface area contributed by atoms with Crippen LogP contribution >= 0.6 is 0 Å². The van der Waals surface area contributed by atoms with E-state index in [1.165, 1.54) is 50.4 Å². The van der Waals surface area contributed by atoms with Gasteiger partial charge in [-0.15, -0.1) is 0 Å². The summed E-state index contributed by atoms with van der Waals surface area (Å²) in [5.41, 5.74) is -0.678. The van der Waals surface area contributed by atoms with Gasteiger partial charge in [-0.1, -0.05) is 12.1 Å². The number of methoxy groups -OCH3 is 1. The van der Waals surface area contributed by atoms with Crippen molar-refractivity contribution >= 4 is 11.7 Å². The van der Waals surface area contributed by atoms with E-state index in [2.05, 4.69) is 10.6 Å². The van der Waals surface area contributed by atoms with E-state index in [0.717, 1.165) is 6.07 Å². The van der Waals surface area contributed by atoms with Gasteiger partial charge in [0.05, 0.1) is 13.7 Å². The topological polar surface area (TPSA) is 70.6 Å². The number of rotatable bonds is 5. The zero-order valence-electron chi connectivity index (χ0n) is 13.3. The predicted octanol–water partition coefficient (Wildman–Crippen LogP) is 3.00. The average Bonchev–Trinajstić information content (AvgIpc) is 2.54. The van der Waals surface area contributed by atoms with E-state index in [1.54, 1.807) is 0 Å². The van der Waals surface area contributed by atoms with Gasteiger partial charge >= 0.3 is 6.03 Å². The molecule has 2 amide bonds. The largest absolute Gasteiger partial charge is 0.494 e. The lowest BCUT2D eigenvalue weighted by atomic mass is 9.96. The van der Waals surface area contributed by atoms with Crippen LogP contribution in [0, 0.1) is 11.6 Å². The molecule has 0 saturated heterocycles. The van der Waals surface area contributed by atoms with Crippen molar-refractivity contribution < 1.29 is 23.4 Å². The molecule has 0 aliphatic heterocycles. The lowest BCUT2D eigenvalue weighted by molar-refractivity contribution is 0.0599. The summed E-state index contributed by atoms with van der Waals surface area (Å²) in [6.07, 6.45) is 0. The zero-order chi connectivity index (χ0) is 17.7. The second-order valence-electron chi connectivity index (χ2n) is 5.44. The van der Waals surface area contributed by atoms with Gasteiger partial charge in [0.15, 0.2) is 11.6 Å². The van der Waals surface area contributed by atoms with E-state index >= 15 is 0 Å². The summed E-state index contributed by atoms with van der Waals surface area (Å²) in [6, 6.07) is 8.72. The fraction of sp³-hybridized carbons (Fsp3) is 0.235. The van der Waals surface area contributed by atoms with Crippen molar-refractivity contribution in [3.8, 4) is 5.75 Å². The Balaban J connectivity index is 1.95. The number of halogens is 2. The molecule has 0 aliphatic rings. The smallest absolute Gasteiger partial charge is 0.319 e. The van der Waals surface area contributed by atoms with Crippen molar-refractivity contribution in [2.45, 2.75) is 12.5 Å². The van der Waals surface area contributed by atoms with Gasteiger partial charge in [-0.05, 0) is 36.8 Å². The molecule has 1 unspecified atom stereocenters. The maximum absolute atomic E-state index is 13.6. The number of amides is 2. The van der Waals surface area contributed by atoms with Gasteiger partial charge in [0.25, 0.3) is 0 Å². The van der Waals surface area contributed by atoms with Crippen LogP contribution in [-0.2, 0) is 5.60 Å². The Morgan fingerprint density at radius 1 is 1.21 bits per heavy atom. The monoisotopic (exact) mass is 336 g/mol. The molecule has 0 fully saturated rings. The highest BCUT2D eigenvalue weighted by atomic mass is 19.1. The third kappa shape index (κ3) is 4.42. The normalized spacial score (nSPS) is 13.0. The molecule has 128 valence electrons. The molecule has 2 aromatic carbocycles. The highest BCUT2D eigenvalue weighted by Gasteiger charge is 2.23. The zero-order valence-corrected chi connectivity index (χ0v) is 13.3. The van der Waals surface area contributed by atoms with Crippen molar-refractivity contribution in [1.82, 2.24) is 5.32 Å². The fourth-order valence-electron chi connectivity index (χ4n) is 2.08. The maximum Gasteiger partial charge on any atom is 0.319 e. The van der Waals surface area contributed by atoms with Gasteiger partial charge in [-0.2, -0.15) is 0 Å². The quantitative estimate of drug-likeness (QED) is 0.786. The molecule has 2 aromatic rings. The van der Waals surface area contributed by atoms with Crippen LogP contribution in [0.25, 0.3) is 0 Å². The lowest BCUT2D eigenvalue weighted by Gasteiger charge is -2.24. The number of ether oxygens (including phenoxy) is 1. The van der Waals surface area contributed by atoms with Crippen molar-refractivity contribution in [1.29, 1.82) is 0 Å². The van der Waals surface area contributed by atoms with Gasteiger partial charge in [-0.25, -0.2) is 13.6 Å². The van der Waals surface area contributed by atoms with Gasteiger partial charge in [0, 0.05) is 11.8 Å². The van der Waals surface area contributed by atoms with Crippen LogP contribution in [0.5, 0.6) is 5.75 Å². The Labute approximate surface area is 138 Å². The summed E-state index contributed by atoms with van der Waals surface area (Å²) in [5.74, 6) is -0.949. The Morgan fingerprint density at radius 3 is 2.46 bits per heavy atom. The molecule has 0 aromatic heterocycles. The molecule has 3 N–H and O–H groups in total. The summed E-state index contributed by atoms with van der Waals surface area (Å²) in [4.78, 5) is 11.9. The first-order chi connectivity index (χ1) is 11.3. The van der Waals surface area contributed by atoms with Crippen molar-refractivity contribution in [2.75, 3.05) is 19.0 Å². The minimum Gasteiger partial charge on any atom is -0.494 e. The van der Waals surface area contributed by atoms with E-state index in [0.29, 0.717) is 5.56 Å². The standard InChI is InChI=1S/C17H18F2N2O3/c1-17(23,11-3-5-12(18)6-4-11)10-20-16(22)21-13-7-8-15(24-2)14(19)9-13/h3-9,23H,10H2,1-2H3,(H2,20,21,22). The number of hydrogen-bond acceptors (Lipinski definition) is 3. The number of nitrogens with one attached hydrogen (secondary N) is 2. The Morgan fingerprint density at radius 2 is 1.88 bits per heavy atom. The van der Waals surface area contributed by atoms with Gasteiger partial charge in [0.2, 0.25) is 0 Å². The molecule has 24 heavy (non-hydrogen) atoms. The predicted molar refractivity (Wildman–Crippen MR) is 85.9 cm³/mol. The Kier molecular flexibility index (Phi) is 5.35. The number of hydrogen-bond donors (Lipinski definition) is 3. The summed E-state index contributed by atoms with van der Waals surface area (Å²) in [5, 5.41) is 15.3. The molecule has 0 radical (unpaired) electrons. The van der Waals surface area contributed by atoms with E-state index < -0.39 is 23.3 Å². The van der Waals surface area contributed by atoms with Crippen LogP contribution in [0.1, 0.15) is 12.5 Å². The number of anilines is 1. The van der Waals surface area contributed by atoms with E-state index in [9.17, 15) is 18.7 Å². The molecule has 2 rings (SSSR count). The van der Waals surface area contributed by atoms with Crippen LogP contribution in [0.4, 0.5) is 19.3 Å². The van der Waals surface area contributed by atoms with Crippen molar-refractivity contribution in [2.24, 2.45) is 0 Å². The van der Waals surface area contributed by atoms with E-state index in [-0.39, 0.29) is 18.0 Å². The van der Waals surface area contributed by atoms with Crippen molar-refractivity contribution in [3.63, 3.8) is 0 Å². The summed E-state index contributed by atoms with van der Waals surface area (Å²) in [6.45, 7) is 1.39. The lowest BCUT2D eigenvalue weighted by Crippen LogP contribution is -2.40. The molecule has 0 spiro atoms. The second kappa shape index (κ2) is 7.27. The Hall–Kier alpha value is -2.67. The number of carbonyl (C=O) groups is 1. The van der Waals surface area contributed by atoms with E-state index in [4.69, 9.17) is 4.74 Å². The number of carbonyl (C=O) groups excluding carboxylic acids is 1. The van der Waals surface area contributed by atoms with Gasteiger partial charge < -0.3 is 20.5 Å². The maximum atomic E-state index is 13.6. The molecular formula is C17H18F2N2O3. The van der Waals surface area contributed by atoms with Crippen LogP contribution in [0.2, 0.25) is 0 Å². The van der Waals surface area contributed by atoms with Crippen molar-refractivity contribution in [3.05, 3.63) is 59.7 Å². The first kappa shape index (κ1) is 17.7. The molecule has 5 nitrogen and oxygen atoms in total. The Bertz CT molecular complexity index is 718. The minimum atomic E-state index is -1.38. The number of benzene rings is 2. The fourth-order valence-corrected chi connectivity index (χ4v) is 2.08. The van der Waals surface area contributed by atoms with Gasteiger partial charge in [0.1, 0.15) is 11.4 Å². The SMILES string of the molecule is COc1ccc(NC(=O)NCC(C)(O)c2ccc(F)cc2)cc1F. The molecule has 0 aliphatic carbocycles. The average molecular weight is 336 g/mol. The molecule has 0 heterocycles. The molecule has 0 bridgehead atoms. The second-order valence-corrected chi connectivity index (χ2v) is 5.44. The van der Waals surface area contributed by atoms with Crippen LogP contribution in [0.15, 0.2) is 42.5 Å². The first-order valence-electron chi connectivity index (χ1n) is 7.18. The number of urea groups is 1. The highest BCUT2D eigenvalue weighted by Crippen LogP contribution is 2.21. The third-order valence-electron chi connectivity index (χ3n) is 3.47. The molecule has 1 atom stereocenters. The highest BCUT2D eigenvalue weighted by molar-refractivity contribution is 5.89. The molecular weight excluding hydrogens is 318 g/mol. The molecule has 0 saturated carbocycles. The molecule has 7 heteroatoms.